The van der Waals surface area contributed by atoms with E-state index in [1.54, 1.807) is 0 Å². The van der Waals surface area contributed by atoms with E-state index in [0.29, 0.717) is 25.9 Å². The van der Waals surface area contributed by atoms with Crippen LogP contribution in [0.15, 0.2) is 48.5 Å². The van der Waals surface area contributed by atoms with Crippen molar-refractivity contribution in [3.63, 3.8) is 0 Å². The Balaban J connectivity index is 1.06. The van der Waals surface area contributed by atoms with Crippen molar-refractivity contribution >= 4 is 47.3 Å². The number of benzene rings is 2. The summed E-state index contributed by atoms with van der Waals surface area (Å²) in [6, 6.07) is 12.2. The summed E-state index contributed by atoms with van der Waals surface area (Å²) in [6.45, 7) is 0.177. The lowest BCUT2D eigenvalue weighted by Crippen LogP contribution is -2.50. The average Bonchev–Trinajstić information content (AvgIpc) is 3.84. The number of amides is 8. The molecule has 3 saturated heterocycles. The molecule has 0 radical (unpaired) electrons. The quantitative estimate of drug-likeness (QED) is 0.106. The fourth-order valence-corrected chi connectivity index (χ4v) is 7.70. The highest BCUT2D eigenvalue weighted by Crippen LogP contribution is 2.22. The van der Waals surface area contributed by atoms with Gasteiger partial charge in [0.15, 0.2) is 0 Å². The largest absolute Gasteiger partial charge is 0.368 e. The topological polar surface area (TPSA) is 278 Å². The fourth-order valence-electron chi connectivity index (χ4n) is 7.70. The second-order valence-corrected chi connectivity index (χ2v) is 15.1. The minimum atomic E-state index is -0.891. The molecule has 0 spiro atoms. The number of likely N-dealkylation sites (tertiary alicyclic amines) is 2. The fraction of sp³-hybridized carbons (Fsp3) is 0.500. The van der Waals surface area contributed by atoms with Crippen LogP contribution in [-0.4, -0.2) is 130 Å². The molecule has 312 valence electrons. The molecule has 0 aromatic heterocycles. The lowest BCUT2D eigenvalue weighted by molar-refractivity contribution is -0.143. The van der Waals surface area contributed by atoms with Gasteiger partial charge < -0.3 is 53.2 Å². The summed E-state index contributed by atoms with van der Waals surface area (Å²) in [4.78, 5) is 109. The number of carbonyl (C=O) groups is 8. The van der Waals surface area contributed by atoms with E-state index in [1.165, 1.54) is 19.6 Å². The zero-order valence-corrected chi connectivity index (χ0v) is 32.6. The van der Waals surface area contributed by atoms with E-state index in [-0.39, 0.29) is 89.6 Å². The number of carbonyl (C=O) groups excluding carboxylic acids is 8. The summed E-state index contributed by atoms with van der Waals surface area (Å²) in [6.07, 6.45) is 1.17. The lowest BCUT2D eigenvalue weighted by Gasteiger charge is -2.30. The Hall–Kier alpha value is -5.88. The zero-order chi connectivity index (χ0) is 41.9. The van der Waals surface area contributed by atoms with Gasteiger partial charge >= 0.3 is 0 Å². The molecule has 8 amide bonds. The van der Waals surface area contributed by atoms with Crippen LogP contribution in [0.2, 0.25) is 0 Å². The number of rotatable bonds is 16. The summed E-state index contributed by atoms with van der Waals surface area (Å²) < 4.78 is 0. The minimum Gasteiger partial charge on any atom is -0.368 e. The third kappa shape index (κ3) is 11.6. The molecule has 3 aliphatic rings. The first-order valence-corrected chi connectivity index (χ1v) is 19.6. The van der Waals surface area contributed by atoms with Gasteiger partial charge in [-0.3, -0.25) is 38.4 Å². The van der Waals surface area contributed by atoms with E-state index < -0.39 is 59.6 Å². The molecule has 2 aromatic carbocycles. The van der Waals surface area contributed by atoms with Gasteiger partial charge in [-0.15, -0.1) is 0 Å². The van der Waals surface area contributed by atoms with Gasteiger partial charge in [-0.2, -0.15) is 0 Å². The number of hydrogen-bond acceptors (Lipinski definition) is 10. The van der Waals surface area contributed by atoms with Gasteiger partial charge in [0.25, 0.3) is 0 Å². The summed E-state index contributed by atoms with van der Waals surface area (Å²) in [7, 11) is 0. The van der Waals surface area contributed by atoms with E-state index in [9.17, 15) is 38.4 Å². The van der Waals surface area contributed by atoms with Crippen molar-refractivity contribution in [1.82, 2.24) is 30.2 Å². The van der Waals surface area contributed by atoms with Gasteiger partial charge in [0.1, 0.15) is 12.1 Å². The Morgan fingerprint density at radius 2 is 0.914 bits per heavy atom. The number of hydrogen-bond donors (Lipinski definition) is 6. The first kappa shape index (κ1) is 43.2. The predicted molar refractivity (Wildman–Crippen MR) is 210 cm³/mol. The molecule has 4 atom stereocenters. The van der Waals surface area contributed by atoms with Crippen molar-refractivity contribution in [3.8, 4) is 0 Å². The van der Waals surface area contributed by atoms with Gasteiger partial charge in [0.2, 0.25) is 47.3 Å². The second kappa shape index (κ2) is 20.0. The van der Waals surface area contributed by atoms with Crippen molar-refractivity contribution < 1.29 is 38.4 Å². The molecule has 10 N–H and O–H groups in total. The van der Waals surface area contributed by atoms with E-state index in [0.717, 1.165) is 22.3 Å². The zero-order valence-electron chi connectivity index (χ0n) is 32.6. The summed E-state index contributed by atoms with van der Waals surface area (Å²) in [5, 5.41) is 5.61. The first-order chi connectivity index (χ1) is 27.7. The summed E-state index contributed by atoms with van der Waals surface area (Å²) in [5.74, 6) is -3.72. The Morgan fingerprint density at radius 1 is 0.569 bits per heavy atom. The molecule has 0 bridgehead atoms. The van der Waals surface area contributed by atoms with Crippen LogP contribution in [0.25, 0.3) is 0 Å². The molecule has 18 heteroatoms. The number of nitrogens with zero attached hydrogens (tertiary/aromatic N) is 4. The SMILES string of the molecule is NCc1ccc(CCC(=O)N2CC(NC(=O)CN3CCC(=O)N(CC(=O)NC4CC(C(N)=O)N(C(=O)CCc5ccc(CN)cc5)C4)CCC3=O)CC2C(N)=O)cc1. The molecule has 3 fully saturated rings. The third-order valence-corrected chi connectivity index (χ3v) is 11.0. The normalized spacial score (nSPS) is 21.1. The maximum atomic E-state index is 13.1. The minimum absolute atomic E-state index is 0.0637. The molecule has 3 heterocycles. The van der Waals surface area contributed by atoms with Crippen LogP contribution in [-0.2, 0) is 64.3 Å². The van der Waals surface area contributed by atoms with E-state index >= 15 is 0 Å². The van der Waals surface area contributed by atoms with Gasteiger partial charge in [-0.1, -0.05) is 48.5 Å². The van der Waals surface area contributed by atoms with E-state index in [2.05, 4.69) is 10.6 Å². The maximum absolute atomic E-state index is 13.1. The molecule has 5 rings (SSSR count). The van der Waals surface area contributed by atoms with E-state index in [4.69, 9.17) is 22.9 Å². The highest BCUT2D eigenvalue weighted by molar-refractivity contribution is 5.91. The molecule has 18 nitrogen and oxygen atoms in total. The van der Waals surface area contributed by atoms with Gasteiger partial charge in [0, 0.05) is 77.0 Å². The van der Waals surface area contributed by atoms with Crippen LogP contribution in [0.1, 0.15) is 60.8 Å². The van der Waals surface area contributed by atoms with Crippen molar-refractivity contribution in [2.75, 3.05) is 39.3 Å². The Labute approximate surface area is 336 Å². The lowest BCUT2D eigenvalue weighted by atomic mass is 10.1. The van der Waals surface area contributed by atoms with Crippen molar-refractivity contribution in [1.29, 1.82) is 0 Å². The van der Waals surface area contributed by atoms with Gasteiger partial charge in [0.05, 0.1) is 13.1 Å². The molecule has 0 saturated carbocycles. The average molecular weight is 803 g/mol. The molecule has 58 heavy (non-hydrogen) atoms. The second-order valence-electron chi connectivity index (χ2n) is 15.1. The van der Waals surface area contributed by atoms with Crippen molar-refractivity contribution in [2.24, 2.45) is 22.9 Å². The van der Waals surface area contributed by atoms with Gasteiger partial charge in [-0.05, 0) is 47.9 Å². The van der Waals surface area contributed by atoms with Gasteiger partial charge in [-0.25, -0.2) is 0 Å². The summed E-state index contributed by atoms with van der Waals surface area (Å²) in [5.41, 5.74) is 26.4. The Bertz CT molecular complexity index is 1720. The number of aryl methyl sites for hydroxylation is 2. The highest BCUT2D eigenvalue weighted by atomic mass is 16.2. The van der Waals surface area contributed by atoms with Crippen LogP contribution in [0.5, 0.6) is 0 Å². The smallest absolute Gasteiger partial charge is 0.240 e. The number of nitrogens with one attached hydrogen (secondary N) is 2. The van der Waals surface area contributed by atoms with Crippen LogP contribution in [0, 0.1) is 0 Å². The van der Waals surface area contributed by atoms with Crippen LogP contribution < -0.4 is 33.6 Å². The van der Waals surface area contributed by atoms with E-state index in [1.807, 2.05) is 48.5 Å². The molecular formula is C40H54N10O8. The molecule has 0 aliphatic carbocycles. The highest BCUT2D eigenvalue weighted by Gasteiger charge is 2.40. The Kier molecular flexibility index (Phi) is 14.9. The number of nitrogens with two attached hydrogens (primary N) is 4. The summed E-state index contributed by atoms with van der Waals surface area (Å²) >= 11 is 0. The molecule has 4 unspecified atom stereocenters. The van der Waals surface area contributed by atoms with Crippen LogP contribution in [0.3, 0.4) is 0 Å². The van der Waals surface area contributed by atoms with Crippen molar-refractivity contribution in [3.05, 3.63) is 70.8 Å². The maximum Gasteiger partial charge on any atom is 0.240 e. The standard InChI is InChI=1S/C40H54N10O8/c41-19-27-5-1-25(2-6-27)9-11-37(55)49-21-29(17-31(49)39(43)57)45-33(51)23-47-15-13-36(54)48(16-14-35(47)53)24-34(52)46-30-18-32(40(44)58)50(22-30)38(56)12-10-26-3-7-28(20-42)8-4-26/h1-8,29-32H,9-24,41-42H2,(H2,43,57)(H2,44,58)(H,45,51)(H,46,52). The van der Waals surface area contributed by atoms with Crippen LogP contribution >= 0.6 is 0 Å². The first-order valence-electron chi connectivity index (χ1n) is 19.6. The Morgan fingerprint density at radius 3 is 1.24 bits per heavy atom. The molecule has 3 aliphatic heterocycles. The molecule has 2 aromatic rings. The van der Waals surface area contributed by atoms with Crippen LogP contribution in [0.4, 0.5) is 0 Å². The third-order valence-electron chi connectivity index (χ3n) is 11.0. The monoisotopic (exact) mass is 802 g/mol. The molecular weight excluding hydrogens is 749 g/mol. The number of primary amides is 2. The van der Waals surface area contributed by atoms with Crippen molar-refractivity contribution in [2.45, 2.75) is 88.6 Å². The predicted octanol–water partition coefficient (Wildman–Crippen LogP) is -2.24.